The zero-order valence-electron chi connectivity index (χ0n) is 12.9. The Kier molecular flexibility index (Phi) is 4.56. The molecule has 1 fully saturated rings. The molecule has 0 saturated heterocycles. The maximum atomic E-state index is 12.1. The van der Waals surface area contributed by atoms with E-state index in [-0.39, 0.29) is 5.97 Å². The number of benzene rings is 1. The molecule has 3 rings (SSSR count). The first kappa shape index (κ1) is 14.8. The third-order valence-electron chi connectivity index (χ3n) is 4.10. The molecule has 0 unspecified atom stereocenters. The lowest BCUT2D eigenvalue weighted by atomic mass is 9.89. The van der Waals surface area contributed by atoms with Gasteiger partial charge in [0, 0.05) is 11.5 Å². The summed E-state index contributed by atoms with van der Waals surface area (Å²) in [6, 6.07) is 7.64. The molecule has 0 aromatic heterocycles. The van der Waals surface area contributed by atoms with E-state index in [0.29, 0.717) is 24.1 Å². The lowest BCUT2D eigenvalue weighted by molar-refractivity contribution is -0.130. The van der Waals surface area contributed by atoms with Crippen LogP contribution in [0.1, 0.15) is 44.6 Å². The number of para-hydroxylation sites is 1. The quantitative estimate of drug-likeness (QED) is 0.624. The van der Waals surface area contributed by atoms with Crippen molar-refractivity contribution in [1.29, 1.82) is 0 Å². The number of nitrogens with zero attached hydrogens (tertiary/aromatic N) is 1. The Hall–Kier alpha value is -2.10. The highest BCUT2D eigenvalue weighted by molar-refractivity contribution is 6.08. The fraction of sp³-hybridized carbons (Fsp3) is 0.444. The summed E-state index contributed by atoms with van der Waals surface area (Å²) in [4.78, 5) is 16.5. The zero-order chi connectivity index (χ0) is 15.4. The van der Waals surface area contributed by atoms with Gasteiger partial charge in [-0.3, -0.25) is 0 Å². The predicted molar refractivity (Wildman–Crippen MR) is 85.7 cm³/mol. The van der Waals surface area contributed by atoms with Crippen molar-refractivity contribution in [1.82, 2.24) is 0 Å². The molecule has 1 aliphatic heterocycles. The minimum atomic E-state index is -0.355. The van der Waals surface area contributed by atoms with E-state index < -0.39 is 0 Å². The lowest BCUT2D eigenvalue weighted by Crippen LogP contribution is -2.19. The molecule has 0 bridgehead atoms. The van der Waals surface area contributed by atoms with Gasteiger partial charge in [-0.1, -0.05) is 37.5 Å². The normalized spacial score (nSPS) is 20.9. The van der Waals surface area contributed by atoms with Crippen LogP contribution in [-0.2, 0) is 9.53 Å². The first-order chi connectivity index (χ1) is 10.8. The van der Waals surface area contributed by atoms with Crippen LogP contribution in [0.2, 0.25) is 0 Å². The van der Waals surface area contributed by atoms with Crippen LogP contribution in [0.25, 0.3) is 6.08 Å². The number of rotatable bonds is 4. The molecule has 0 atom stereocenters. The van der Waals surface area contributed by atoms with E-state index in [9.17, 15) is 4.79 Å². The Morgan fingerprint density at radius 3 is 2.82 bits per heavy atom. The van der Waals surface area contributed by atoms with Crippen LogP contribution < -0.4 is 4.74 Å². The van der Waals surface area contributed by atoms with Gasteiger partial charge >= 0.3 is 5.97 Å². The summed E-state index contributed by atoms with van der Waals surface area (Å²) in [6.07, 6.45) is 7.52. The van der Waals surface area contributed by atoms with Gasteiger partial charge in [0.15, 0.2) is 5.70 Å². The van der Waals surface area contributed by atoms with Crippen molar-refractivity contribution in [2.45, 2.75) is 39.0 Å². The fourth-order valence-electron chi connectivity index (χ4n) is 2.98. The Labute approximate surface area is 130 Å². The van der Waals surface area contributed by atoms with E-state index >= 15 is 0 Å². The van der Waals surface area contributed by atoms with Crippen molar-refractivity contribution in [3.8, 4) is 5.75 Å². The second kappa shape index (κ2) is 6.77. The number of esters is 1. The standard InChI is InChI=1S/C18H21NO3/c1-2-21-16-11-7-6-10-14(16)12-15-18(20)22-17(19-15)13-8-4-3-5-9-13/h6-7,10-13H,2-5,8-9H2,1H3/b15-12-. The molecular weight excluding hydrogens is 278 g/mol. The second-order valence-corrected chi connectivity index (χ2v) is 5.67. The Morgan fingerprint density at radius 1 is 1.27 bits per heavy atom. The van der Waals surface area contributed by atoms with Gasteiger partial charge in [-0.15, -0.1) is 0 Å². The number of aliphatic imine (C=N–C) groups is 1. The van der Waals surface area contributed by atoms with E-state index in [2.05, 4.69) is 4.99 Å². The highest BCUT2D eigenvalue weighted by Crippen LogP contribution is 2.30. The van der Waals surface area contributed by atoms with Crippen LogP contribution in [0.3, 0.4) is 0 Å². The Balaban J connectivity index is 1.84. The van der Waals surface area contributed by atoms with E-state index in [1.807, 2.05) is 31.2 Å². The number of carbonyl (C=O) groups excluding carboxylic acids is 1. The molecule has 1 saturated carbocycles. The van der Waals surface area contributed by atoms with Crippen LogP contribution in [-0.4, -0.2) is 18.5 Å². The van der Waals surface area contributed by atoms with Gasteiger partial charge in [0.2, 0.25) is 5.90 Å². The summed E-state index contributed by atoms with van der Waals surface area (Å²) in [5, 5.41) is 0. The van der Waals surface area contributed by atoms with Crippen molar-refractivity contribution >= 4 is 17.9 Å². The molecule has 1 heterocycles. The number of hydrogen-bond acceptors (Lipinski definition) is 4. The highest BCUT2D eigenvalue weighted by Gasteiger charge is 2.30. The lowest BCUT2D eigenvalue weighted by Gasteiger charge is -2.19. The number of cyclic esters (lactones) is 1. The van der Waals surface area contributed by atoms with Gasteiger partial charge in [0.05, 0.1) is 6.61 Å². The van der Waals surface area contributed by atoms with Gasteiger partial charge < -0.3 is 9.47 Å². The number of ether oxygens (including phenoxy) is 2. The van der Waals surface area contributed by atoms with E-state index in [0.717, 1.165) is 24.2 Å². The van der Waals surface area contributed by atoms with Crippen molar-refractivity contribution in [3.05, 3.63) is 35.5 Å². The summed E-state index contributed by atoms with van der Waals surface area (Å²) < 4.78 is 11.0. The molecule has 0 amide bonds. The average molecular weight is 299 g/mol. The molecular formula is C18H21NO3. The van der Waals surface area contributed by atoms with Gasteiger partial charge in [-0.05, 0) is 31.9 Å². The SMILES string of the molecule is CCOc1ccccc1/C=C1\N=C(C2CCCCC2)OC1=O. The number of carbonyl (C=O) groups is 1. The molecule has 0 spiro atoms. The molecule has 4 heteroatoms. The monoisotopic (exact) mass is 299 g/mol. The molecule has 22 heavy (non-hydrogen) atoms. The Morgan fingerprint density at radius 2 is 2.05 bits per heavy atom. The van der Waals surface area contributed by atoms with E-state index in [1.165, 1.54) is 19.3 Å². The van der Waals surface area contributed by atoms with Crippen molar-refractivity contribution in [3.63, 3.8) is 0 Å². The molecule has 1 aliphatic carbocycles. The maximum Gasteiger partial charge on any atom is 0.363 e. The molecule has 2 aliphatic rings. The van der Waals surface area contributed by atoms with Crippen LogP contribution in [0.4, 0.5) is 0 Å². The first-order valence-corrected chi connectivity index (χ1v) is 8.02. The largest absolute Gasteiger partial charge is 0.493 e. The molecule has 1 aromatic rings. The predicted octanol–water partition coefficient (Wildman–Crippen LogP) is 3.96. The van der Waals surface area contributed by atoms with Crippen molar-refractivity contribution < 1.29 is 14.3 Å². The van der Waals surface area contributed by atoms with Crippen LogP contribution in [0.15, 0.2) is 35.0 Å². The topological polar surface area (TPSA) is 47.9 Å². The van der Waals surface area contributed by atoms with Crippen LogP contribution >= 0.6 is 0 Å². The summed E-state index contributed by atoms with van der Waals surface area (Å²) >= 11 is 0. The maximum absolute atomic E-state index is 12.1. The number of hydrogen-bond donors (Lipinski definition) is 0. The molecule has 0 N–H and O–H groups in total. The average Bonchev–Trinajstić information content (AvgIpc) is 2.91. The van der Waals surface area contributed by atoms with Gasteiger partial charge in [-0.2, -0.15) is 0 Å². The minimum Gasteiger partial charge on any atom is -0.493 e. The van der Waals surface area contributed by atoms with Crippen molar-refractivity contribution in [2.75, 3.05) is 6.61 Å². The highest BCUT2D eigenvalue weighted by atomic mass is 16.6. The molecule has 1 aromatic carbocycles. The first-order valence-electron chi connectivity index (χ1n) is 8.02. The van der Waals surface area contributed by atoms with Crippen LogP contribution in [0.5, 0.6) is 5.75 Å². The van der Waals surface area contributed by atoms with Gasteiger partial charge in [0.1, 0.15) is 5.75 Å². The van der Waals surface area contributed by atoms with Crippen LogP contribution in [0, 0.1) is 5.92 Å². The smallest absolute Gasteiger partial charge is 0.363 e. The zero-order valence-corrected chi connectivity index (χ0v) is 12.9. The summed E-state index contributed by atoms with van der Waals surface area (Å²) in [7, 11) is 0. The molecule has 0 radical (unpaired) electrons. The van der Waals surface area contributed by atoms with Crippen molar-refractivity contribution in [2.24, 2.45) is 10.9 Å². The van der Waals surface area contributed by atoms with Gasteiger partial charge in [0.25, 0.3) is 0 Å². The third-order valence-corrected chi connectivity index (χ3v) is 4.10. The fourth-order valence-corrected chi connectivity index (χ4v) is 2.98. The molecule has 116 valence electrons. The molecule has 4 nitrogen and oxygen atoms in total. The minimum absolute atomic E-state index is 0.297. The van der Waals surface area contributed by atoms with E-state index in [4.69, 9.17) is 9.47 Å². The Bertz CT molecular complexity index is 613. The third kappa shape index (κ3) is 3.21. The summed E-state index contributed by atoms with van der Waals surface area (Å²) in [5.41, 5.74) is 1.22. The second-order valence-electron chi connectivity index (χ2n) is 5.67. The van der Waals surface area contributed by atoms with E-state index in [1.54, 1.807) is 6.08 Å². The van der Waals surface area contributed by atoms with Gasteiger partial charge in [-0.25, -0.2) is 9.79 Å². The summed E-state index contributed by atoms with van der Waals surface area (Å²) in [5.74, 6) is 1.30. The summed E-state index contributed by atoms with van der Waals surface area (Å²) in [6.45, 7) is 2.52.